The van der Waals surface area contributed by atoms with Crippen molar-refractivity contribution < 1.29 is 17.6 Å². The number of benzene rings is 1. The minimum atomic E-state index is -4.10. The molecule has 1 aliphatic heterocycles. The molecule has 0 bridgehead atoms. The highest BCUT2D eigenvalue weighted by Crippen LogP contribution is 2.21. The number of rotatable bonds is 3. The van der Waals surface area contributed by atoms with Crippen LogP contribution in [-0.2, 0) is 23.0 Å². The lowest BCUT2D eigenvalue weighted by Crippen LogP contribution is -2.32. The maximum Gasteiger partial charge on any atom is 0.281 e. The van der Waals surface area contributed by atoms with Gasteiger partial charge in [-0.2, -0.15) is 8.42 Å². The minimum Gasteiger partial charge on any atom is -0.318 e. The van der Waals surface area contributed by atoms with Crippen LogP contribution in [0.1, 0.15) is 22.6 Å². The highest BCUT2D eigenvalue weighted by Gasteiger charge is 2.27. The molecule has 0 saturated heterocycles. The van der Waals surface area contributed by atoms with Crippen molar-refractivity contribution >= 4 is 27.5 Å². The van der Waals surface area contributed by atoms with Gasteiger partial charge < -0.3 is 4.57 Å². The van der Waals surface area contributed by atoms with Crippen LogP contribution in [0.4, 0.5) is 4.39 Å². The molecule has 1 N–H and O–H groups in total. The van der Waals surface area contributed by atoms with E-state index in [4.69, 9.17) is 11.6 Å². The molecule has 9 heteroatoms. The number of imidazole rings is 1. The van der Waals surface area contributed by atoms with E-state index in [9.17, 15) is 17.6 Å². The Labute approximate surface area is 131 Å². The minimum absolute atomic E-state index is 0.0346. The quantitative estimate of drug-likeness (QED) is 0.920. The van der Waals surface area contributed by atoms with Gasteiger partial charge in [-0.05, 0) is 24.6 Å². The van der Waals surface area contributed by atoms with Gasteiger partial charge in [0, 0.05) is 13.0 Å². The van der Waals surface area contributed by atoms with Gasteiger partial charge in [0.05, 0.1) is 16.8 Å². The third-order valence-electron chi connectivity index (χ3n) is 3.36. The van der Waals surface area contributed by atoms with Gasteiger partial charge in [0.15, 0.2) is 5.03 Å². The van der Waals surface area contributed by atoms with Crippen molar-refractivity contribution in [2.24, 2.45) is 0 Å². The number of nitrogens with one attached hydrogen (secondary N) is 1. The van der Waals surface area contributed by atoms with E-state index in [0.29, 0.717) is 18.8 Å². The second-order valence-electron chi connectivity index (χ2n) is 4.83. The Balaban J connectivity index is 1.91. The van der Waals surface area contributed by atoms with E-state index in [-0.39, 0.29) is 15.6 Å². The van der Waals surface area contributed by atoms with Crippen molar-refractivity contribution in [2.45, 2.75) is 24.4 Å². The summed E-state index contributed by atoms with van der Waals surface area (Å²) in [6.07, 6.45) is 2.70. The summed E-state index contributed by atoms with van der Waals surface area (Å²) in [7, 11) is -4.10. The zero-order valence-electron chi connectivity index (χ0n) is 11.2. The Bertz CT molecular complexity index is 863. The molecule has 3 rings (SSSR count). The number of nitrogens with zero attached hydrogens (tertiary/aromatic N) is 2. The molecule has 1 aromatic heterocycles. The van der Waals surface area contributed by atoms with E-state index in [1.807, 2.05) is 4.72 Å². The molecule has 2 heterocycles. The fraction of sp³-hybridized carbons (Fsp3) is 0.231. The zero-order valence-corrected chi connectivity index (χ0v) is 12.8. The van der Waals surface area contributed by atoms with Gasteiger partial charge in [0.2, 0.25) is 0 Å². The normalized spacial score (nSPS) is 13.9. The molecule has 0 spiro atoms. The van der Waals surface area contributed by atoms with Crippen molar-refractivity contribution in [1.29, 1.82) is 0 Å². The predicted octanol–water partition coefficient (Wildman–Crippen LogP) is 1.74. The van der Waals surface area contributed by atoms with E-state index in [1.165, 1.54) is 12.3 Å². The standard InChI is InChI=1S/C13H11ClFN3O3S/c14-10-4-3-8(15)6-9(10)13(19)17-22(20,21)12-7-16-11-2-1-5-18(11)12/h3-4,6-7H,1-2,5H2,(H,17,19). The van der Waals surface area contributed by atoms with Crippen molar-refractivity contribution in [3.8, 4) is 0 Å². The number of aryl methyl sites for hydroxylation is 1. The number of hydrogen-bond donors (Lipinski definition) is 1. The zero-order chi connectivity index (χ0) is 15.9. The van der Waals surface area contributed by atoms with Gasteiger partial charge in [-0.15, -0.1) is 0 Å². The third kappa shape index (κ3) is 2.59. The van der Waals surface area contributed by atoms with Crippen molar-refractivity contribution in [2.75, 3.05) is 0 Å². The Morgan fingerprint density at radius 2 is 2.18 bits per heavy atom. The smallest absolute Gasteiger partial charge is 0.281 e. The van der Waals surface area contributed by atoms with Crippen LogP contribution in [0.3, 0.4) is 0 Å². The van der Waals surface area contributed by atoms with Gasteiger partial charge in [-0.3, -0.25) is 4.79 Å². The SMILES string of the molecule is O=C(NS(=O)(=O)c1cnc2n1CCC2)c1cc(F)ccc1Cl. The van der Waals surface area contributed by atoms with E-state index < -0.39 is 21.7 Å². The average molecular weight is 344 g/mol. The first-order chi connectivity index (χ1) is 10.4. The molecule has 0 fully saturated rings. The van der Waals surface area contributed by atoms with E-state index in [1.54, 1.807) is 4.57 Å². The van der Waals surface area contributed by atoms with Crippen molar-refractivity contribution in [3.05, 3.63) is 46.6 Å². The molecule has 0 aliphatic carbocycles. The molecule has 0 saturated carbocycles. The van der Waals surface area contributed by atoms with E-state index in [0.717, 1.165) is 18.6 Å². The fourth-order valence-corrected chi connectivity index (χ4v) is 3.69. The maximum absolute atomic E-state index is 13.2. The summed E-state index contributed by atoms with van der Waals surface area (Å²) in [5, 5.41) is -0.117. The summed E-state index contributed by atoms with van der Waals surface area (Å²) >= 11 is 5.80. The van der Waals surface area contributed by atoms with Crippen LogP contribution >= 0.6 is 11.6 Å². The van der Waals surface area contributed by atoms with Gasteiger partial charge in [-0.25, -0.2) is 14.1 Å². The van der Waals surface area contributed by atoms with Crippen LogP contribution in [0.5, 0.6) is 0 Å². The van der Waals surface area contributed by atoms with Gasteiger partial charge in [0.25, 0.3) is 15.9 Å². The molecule has 1 aromatic carbocycles. The Hall–Kier alpha value is -1.93. The van der Waals surface area contributed by atoms with Crippen LogP contribution in [0, 0.1) is 5.82 Å². The number of amides is 1. The summed E-state index contributed by atoms with van der Waals surface area (Å²) in [4.78, 5) is 16.1. The molecule has 0 atom stereocenters. The topological polar surface area (TPSA) is 81.1 Å². The molecule has 1 amide bonds. The highest BCUT2D eigenvalue weighted by atomic mass is 35.5. The Morgan fingerprint density at radius 1 is 1.41 bits per heavy atom. The summed E-state index contributed by atoms with van der Waals surface area (Å²) in [6, 6.07) is 3.15. The van der Waals surface area contributed by atoms with Crippen LogP contribution in [0.2, 0.25) is 5.02 Å². The lowest BCUT2D eigenvalue weighted by Gasteiger charge is -2.09. The molecule has 2 aromatic rings. The number of fused-ring (bicyclic) bond motifs is 1. The Kier molecular flexibility index (Phi) is 3.65. The molecule has 22 heavy (non-hydrogen) atoms. The lowest BCUT2D eigenvalue weighted by atomic mass is 10.2. The number of hydrogen-bond acceptors (Lipinski definition) is 4. The summed E-state index contributed by atoms with van der Waals surface area (Å²) in [6.45, 7) is 0.528. The molecule has 1 aliphatic rings. The van der Waals surface area contributed by atoms with Gasteiger partial charge >= 0.3 is 0 Å². The van der Waals surface area contributed by atoms with Crippen molar-refractivity contribution in [1.82, 2.24) is 14.3 Å². The second kappa shape index (κ2) is 5.36. The lowest BCUT2D eigenvalue weighted by molar-refractivity contribution is 0.0981. The number of halogens is 2. The molecule has 0 radical (unpaired) electrons. The number of carbonyl (C=O) groups excluding carboxylic acids is 1. The maximum atomic E-state index is 13.2. The van der Waals surface area contributed by atoms with Crippen molar-refractivity contribution in [3.63, 3.8) is 0 Å². The number of aromatic nitrogens is 2. The van der Waals surface area contributed by atoms with E-state index in [2.05, 4.69) is 4.98 Å². The second-order valence-corrected chi connectivity index (χ2v) is 6.86. The first kappa shape index (κ1) is 15.0. The molecular weight excluding hydrogens is 333 g/mol. The Morgan fingerprint density at radius 3 is 2.95 bits per heavy atom. The molecular formula is C13H11ClFN3O3S. The first-order valence-electron chi connectivity index (χ1n) is 6.45. The highest BCUT2D eigenvalue weighted by molar-refractivity contribution is 7.90. The number of carbonyl (C=O) groups is 1. The van der Waals surface area contributed by atoms with Gasteiger partial charge in [-0.1, -0.05) is 11.6 Å². The van der Waals surface area contributed by atoms with Gasteiger partial charge in [0.1, 0.15) is 11.6 Å². The average Bonchev–Trinajstić information content (AvgIpc) is 3.03. The summed E-state index contributed by atoms with van der Waals surface area (Å²) in [5.41, 5.74) is -0.244. The van der Waals surface area contributed by atoms with E-state index >= 15 is 0 Å². The largest absolute Gasteiger partial charge is 0.318 e. The molecule has 116 valence electrons. The first-order valence-corrected chi connectivity index (χ1v) is 8.31. The van der Waals surface area contributed by atoms with Crippen LogP contribution < -0.4 is 4.72 Å². The molecule has 0 unspecified atom stereocenters. The molecule has 6 nitrogen and oxygen atoms in total. The predicted molar refractivity (Wildman–Crippen MR) is 76.6 cm³/mol. The number of sulfonamides is 1. The van der Waals surface area contributed by atoms with Crippen LogP contribution in [0.25, 0.3) is 0 Å². The van der Waals surface area contributed by atoms with Crippen LogP contribution in [0.15, 0.2) is 29.4 Å². The summed E-state index contributed by atoms with van der Waals surface area (Å²) in [5.74, 6) is -1.01. The summed E-state index contributed by atoms with van der Waals surface area (Å²) < 4.78 is 41.2. The van der Waals surface area contributed by atoms with Crippen LogP contribution in [-0.4, -0.2) is 23.9 Å². The monoisotopic (exact) mass is 343 g/mol. The third-order valence-corrected chi connectivity index (χ3v) is 5.02. The fourth-order valence-electron chi connectivity index (χ4n) is 2.35.